The van der Waals surface area contributed by atoms with Gasteiger partial charge in [-0.15, -0.1) is 11.3 Å². The van der Waals surface area contributed by atoms with Gasteiger partial charge in [-0.05, 0) is 19.9 Å². The number of rotatable bonds is 3. The maximum Gasteiger partial charge on any atom is 0.395 e. The summed E-state index contributed by atoms with van der Waals surface area (Å²) in [4.78, 5) is 4.71. The van der Waals surface area contributed by atoms with Crippen molar-refractivity contribution in [2.45, 2.75) is 25.9 Å². The Labute approximate surface area is 84.0 Å². The lowest BCUT2D eigenvalue weighted by Gasteiger charge is -2.01. The molecule has 0 aliphatic carbocycles. The zero-order valence-corrected chi connectivity index (χ0v) is 8.50. The van der Waals surface area contributed by atoms with Gasteiger partial charge in [-0.2, -0.15) is 13.2 Å². The molecule has 0 bridgehead atoms. The van der Waals surface area contributed by atoms with Crippen LogP contribution in [-0.4, -0.2) is 17.7 Å². The SMILES string of the molecule is Cc1nc(CC(F)(F)F)sc1CCN. The van der Waals surface area contributed by atoms with Crippen molar-refractivity contribution in [3.8, 4) is 0 Å². The van der Waals surface area contributed by atoms with E-state index in [0.717, 1.165) is 16.2 Å². The van der Waals surface area contributed by atoms with Crippen LogP contribution in [0.4, 0.5) is 13.2 Å². The van der Waals surface area contributed by atoms with Crippen LogP contribution in [0.15, 0.2) is 0 Å². The first-order valence-corrected chi connectivity index (χ1v) is 4.96. The highest BCUT2D eigenvalue weighted by molar-refractivity contribution is 7.11. The van der Waals surface area contributed by atoms with E-state index < -0.39 is 12.6 Å². The summed E-state index contributed by atoms with van der Waals surface area (Å²) in [5.74, 6) is 0. The van der Waals surface area contributed by atoms with E-state index in [9.17, 15) is 13.2 Å². The fourth-order valence-electron chi connectivity index (χ4n) is 1.10. The first kappa shape index (κ1) is 11.5. The smallest absolute Gasteiger partial charge is 0.330 e. The quantitative estimate of drug-likeness (QED) is 0.853. The third-order valence-electron chi connectivity index (χ3n) is 1.66. The number of thiazole rings is 1. The van der Waals surface area contributed by atoms with Gasteiger partial charge in [0.05, 0.1) is 12.1 Å². The van der Waals surface area contributed by atoms with E-state index >= 15 is 0 Å². The van der Waals surface area contributed by atoms with Gasteiger partial charge < -0.3 is 5.73 Å². The normalized spacial score (nSPS) is 12.1. The summed E-state index contributed by atoms with van der Waals surface area (Å²) in [5.41, 5.74) is 5.99. The van der Waals surface area contributed by atoms with Crippen molar-refractivity contribution >= 4 is 11.3 Å². The van der Waals surface area contributed by atoms with Crippen molar-refractivity contribution in [1.29, 1.82) is 0 Å². The third-order valence-corrected chi connectivity index (χ3v) is 2.88. The number of aromatic nitrogens is 1. The van der Waals surface area contributed by atoms with Crippen LogP contribution in [-0.2, 0) is 12.8 Å². The highest BCUT2D eigenvalue weighted by Crippen LogP contribution is 2.26. The highest BCUT2D eigenvalue weighted by atomic mass is 32.1. The molecule has 0 amide bonds. The monoisotopic (exact) mass is 224 g/mol. The van der Waals surface area contributed by atoms with Crippen LogP contribution >= 0.6 is 11.3 Å². The molecule has 0 aromatic carbocycles. The van der Waals surface area contributed by atoms with Gasteiger partial charge >= 0.3 is 6.18 Å². The van der Waals surface area contributed by atoms with Gasteiger partial charge in [0.1, 0.15) is 5.01 Å². The van der Waals surface area contributed by atoms with Crippen molar-refractivity contribution in [2.24, 2.45) is 5.73 Å². The van der Waals surface area contributed by atoms with Crippen molar-refractivity contribution < 1.29 is 13.2 Å². The minimum atomic E-state index is -4.18. The van der Waals surface area contributed by atoms with Gasteiger partial charge in [0.2, 0.25) is 0 Å². The molecule has 0 spiro atoms. The molecule has 1 heterocycles. The fourth-order valence-corrected chi connectivity index (χ4v) is 2.21. The average molecular weight is 224 g/mol. The second-order valence-corrected chi connectivity index (χ2v) is 4.11. The van der Waals surface area contributed by atoms with E-state index in [4.69, 9.17) is 5.73 Å². The number of nitrogens with zero attached hydrogens (tertiary/aromatic N) is 1. The van der Waals surface area contributed by atoms with Crippen LogP contribution in [0, 0.1) is 6.92 Å². The van der Waals surface area contributed by atoms with Gasteiger partial charge in [0, 0.05) is 4.88 Å². The van der Waals surface area contributed by atoms with Crippen LogP contribution in [0.2, 0.25) is 0 Å². The molecule has 0 saturated carbocycles. The molecule has 0 fully saturated rings. The zero-order chi connectivity index (χ0) is 10.8. The summed E-state index contributed by atoms with van der Waals surface area (Å²) < 4.78 is 36.0. The topological polar surface area (TPSA) is 38.9 Å². The molecule has 1 aromatic heterocycles. The Kier molecular flexibility index (Phi) is 3.49. The Morgan fingerprint density at radius 1 is 1.43 bits per heavy atom. The van der Waals surface area contributed by atoms with E-state index in [1.54, 1.807) is 6.92 Å². The van der Waals surface area contributed by atoms with Gasteiger partial charge in [0.15, 0.2) is 0 Å². The summed E-state index contributed by atoms with van der Waals surface area (Å²) in [6.07, 6.45) is -4.52. The Morgan fingerprint density at radius 2 is 2.07 bits per heavy atom. The molecule has 0 unspecified atom stereocenters. The Bertz CT molecular complexity index is 306. The van der Waals surface area contributed by atoms with Crippen molar-refractivity contribution in [1.82, 2.24) is 4.98 Å². The number of alkyl halides is 3. The molecule has 2 N–H and O–H groups in total. The molecule has 0 atom stereocenters. The predicted molar refractivity (Wildman–Crippen MR) is 49.4 cm³/mol. The van der Waals surface area contributed by atoms with E-state index in [1.165, 1.54) is 0 Å². The van der Waals surface area contributed by atoms with Gasteiger partial charge in [-0.3, -0.25) is 0 Å². The molecule has 6 heteroatoms. The summed E-state index contributed by atoms with van der Waals surface area (Å²) in [7, 11) is 0. The minimum Gasteiger partial charge on any atom is -0.330 e. The molecular formula is C8H11F3N2S. The number of halogens is 3. The maximum absolute atomic E-state index is 12.0. The number of hydrogen-bond acceptors (Lipinski definition) is 3. The molecule has 1 aromatic rings. The van der Waals surface area contributed by atoms with E-state index in [-0.39, 0.29) is 5.01 Å². The summed E-state index contributed by atoms with van der Waals surface area (Å²) in [6.45, 7) is 2.15. The fraction of sp³-hybridized carbons (Fsp3) is 0.625. The molecule has 1 rings (SSSR count). The lowest BCUT2D eigenvalue weighted by Crippen LogP contribution is -2.11. The zero-order valence-electron chi connectivity index (χ0n) is 7.69. The standard InChI is InChI=1S/C8H11F3N2S/c1-5-6(2-3-12)14-7(13-5)4-8(9,10)11/h2-4,12H2,1H3. The van der Waals surface area contributed by atoms with Crippen LogP contribution in [0.3, 0.4) is 0 Å². The number of nitrogens with two attached hydrogens (primary N) is 1. The van der Waals surface area contributed by atoms with E-state index in [0.29, 0.717) is 18.7 Å². The second kappa shape index (κ2) is 4.27. The highest BCUT2D eigenvalue weighted by Gasteiger charge is 2.29. The summed E-state index contributed by atoms with van der Waals surface area (Å²) >= 11 is 1.10. The second-order valence-electron chi connectivity index (χ2n) is 2.95. The minimum absolute atomic E-state index is 0.124. The molecular weight excluding hydrogens is 213 g/mol. The largest absolute Gasteiger partial charge is 0.395 e. The lowest BCUT2D eigenvalue weighted by atomic mass is 10.3. The molecule has 0 aliphatic rings. The maximum atomic E-state index is 12.0. The Morgan fingerprint density at radius 3 is 2.57 bits per heavy atom. The molecule has 0 aliphatic heterocycles. The summed E-state index contributed by atoms with van der Waals surface area (Å²) in [5, 5.41) is 0.124. The number of aryl methyl sites for hydroxylation is 1. The number of hydrogen-bond donors (Lipinski definition) is 1. The van der Waals surface area contributed by atoms with Gasteiger partial charge in [-0.1, -0.05) is 0 Å². The molecule has 0 saturated heterocycles. The average Bonchev–Trinajstić information content (AvgIpc) is 2.28. The molecule has 2 nitrogen and oxygen atoms in total. The predicted octanol–water partition coefficient (Wildman–Crippen LogP) is 2.06. The van der Waals surface area contributed by atoms with Crippen LogP contribution in [0.25, 0.3) is 0 Å². The summed E-state index contributed by atoms with van der Waals surface area (Å²) in [6, 6.07) is 0. The van der Waals surface area contributed by atoms with Crippen LogP contribution in [0.5, 0.6) is 0 Å². The molecule has 0 radical (unpaired) electrons. The van der Waals surface area contributed by atoms with E-state index in [1.807, 2.05) is 0 Å². The van der Waals surface area contributed by atoms with Crippen molar-refractivity contribution in [2.75, 3.05) is 6.54 Å². The third kappa shape index (κ3) is 3.26. The van der Waals surface area contributed by atoms with Crippen LogP contribution in [0.1, 0.15) is 15.6 Å². The first-order chi connectivity index (χ1) is 6.42. The van der Waals surface area contributed by atoms with Crippen molar-refractivity contribution in [3.63, 3.8) is 0 Å². The first-order valence-electron chi connectivity index (χ1n) is 4.14. The molecule has 14 heavy (non-hydrogen) atoms. The molecule has 80 valence electrons. The van der Waals surface area contributed by atoms with Crippen molar-refractivity contribution in [3.05, 3.63) is 15.6 Å². The van der Waals surface area contributed by atoms with Gasteiger partial charge in [-0.25, -0.2) is 4.98 Å². The van der Waals surface area contributed by atoms with Gasteiger partial charge in [0.25, 0.3) is 0 Å². The van der Waals surface area contributed by atoms with E-state index in [2.05, 4.69) is 4.98 Å². The lowest BCUT2D eigenvalue weighted by molar-refractivity contribution is -0.127. The van der Waals surface area contributed by atoms with Crippen LogP contribution < -0.4 is 5.73 Å². The Hall–Kier alpha value is -0.620. The Balaban J connectivity index is 2.75.